The average molecular weight is 423 g/mol. The van der Waals surface area contributed by atoms with E-state index in [9.17, 15) is 4.79 Å². The Morgan fingerprint density at radius 2 is 2.20 bits per heavy atom. The van der Waals surface area contributed by atoms with Crippen LogP contribution in [-0.2, 0) is 16.6 Å². The molecule has 2 atom stereocenters. The smallest absolute Gasteiger partial charge is 0.246 e. The lowest BCUT2D eigenvalue weighted by Gasteiger charge is -2.24. The van der Waals surface area contributed by atoms with Crippen molar-refractivity contribution in [1.82, 2.24) is 19.9 Å². The number of aromatic nitrogens is 3. The second-order valence-corrected chi connectivity index (χ2v) is 7.83. The molecule has 2 aromatic heterocycles. The molecule has 2 heterocycles. The molecule has 0 unspecified atom stereocenters. The van der Waals surface area contributed by atoms with Gasteiger partial charge in [-0.1, -0.05) is 30.7 Å². The number of carbonyl (C=O) groups excluding carboxylic acids is 1. The van der Waals surface area contributed by atoms with Crippen LogP contribution < -0.4 is 5.32 Å². The van der Waals surface area contributed by atoms with Gasteiger partial charge in [-0.2, -0.15) is 0 Å². The highest BCUT2D eigenvalue weighted by molar-refractivity contribution is 6.30. The highest BCUT2D eigenvalue weighted by Gasteiger charge is 2.29. The summed E-state index contributed by atoms with van der Waals surface area (Å²) >= 11 is 6.40. The first-order valence-electron chi connectivity index (χ1n) is 9.70. The number of aryl methyl sites for hydroxylation is 1. The first-order chi connectivity index (χ1) is 14.5. The van der Waals surface area contributed by atoms with E-state index in [1.54, 1.807) is 12.5 Å². The first-order valence-corrected chi connectivity index (χ1v) is 10.1. The molecule has 1 amide bonds. The number of nitrogens with zero attached hydrogens (tertiary/aromatic N) is 3. The van der Waals surface area contributed by atoms with Gasteiger partial charge in [0.05, 0.1) is 30.0 Å². The van der Waals surface area contributed by atoms with Crippen molar-refractivity contribution >= 4 is 29.2 Å². The molecule has 1 N–H and O–H groups in total. The topological polar surface area (TPSA) is 69.0 Å². The van der Waals surface area contributed by atoms with Crippen molar-refractivity contribution in [2.45, 2.75) is 18.9 Å². The monoisotopic (exact) mass is 422 g/mol. The maximum absolute atomic E-state index is 12.5. The number of nitrogens with one attached hydrogen (secondary N) is 1. The van der Waals surface area contributed by atoms with E-state index in [1.165, 1.54) is 7.11 Å². The van der Waals surface area contributed by atoms with Gasteiger partial charge in [0, 0.05) is 31.3 Å². The number of benzene rings is 1. The summed E-state index contributed by atoms with van der Waals surface area (Å²) in [6.07, 6.45) is 7.38. The van der Waals surface area contributed by atoms with Crippen LogP contribution >= 0.6 is 11.6 Å². The minimum atomic E-state index is -0.435. The Morgan fingerprint density at radius 1 is 1.37 bits per heavy atom. The Morgan fingerprint density at radius 3 is 2.93 bits per heavy atom. The number of carbonyl (C=O) groups is 1. The Kier molecular flexibility index (Phi) is 5.70. The Hall–Kier alpha value is -2.96. The van der Waals surface area contributed by atoms with Gasteiger partial charge in [0.15, 0.2) is 0 Å². The van der Waals surface area contributed by atoms with Gasteiger partial charge in [-0.15, -0.1) is 0 Å². The molecule has 0 radical (unpaired) electrons. The second-order valence-electron chi connectivity index (χ2n) is 7.39. The SMILES string of the molecule is COCC(=O)N[C@H](C1=Cc2cccnc2[C@@H](C)c2ccc(Cl)cc21)c1cncn1C. The van der Waals surface area contributed by atoms with Crippen LogP contribution in [0.3, 0.4) is 0 Å². The van der Waals surface area contributed by atoms with Gasteiger partial charge >= 0.3 is 0 Å². The molecule has 0 fully saturated rings. The molecule has 1 aromatic carbocycles. The van der Waals surface area contributed by atoms with Gasteiger partial charge in [0.25, 0.3) is 0 Å². The van der Waals surface area contributed by atoms with Crippen LogP contribution in [0.4, 0.5) is 0 Å². The van der Waals surface area contributed by atoms with Crippen molar-refractivity contribution in [2.75, 3.05) is 13.7 Å². The molecule has 154 valence electrons. The number of amides is 1. The van der Waals surface area contributed by atoms with Crippen LogP contribution in [0.1, 0.15) is 47.0 Å². The fraction of sp³-hybridized carbons (Fsp3) is 0.261. The zero-order chi connectivity index (χ0) is 21.3. The van der Waals surface area contributed by atoms with Gasteiger partial charge in [0.2, 0.25) is 5.91 Å². The van der Waals surface area contributed by atoms with Crippen LogP contribution in [0.25, 0.3) is 11.6 Å². The average Bonchev–Trinajstić information content (AvgIpc) is 3.11. The third-order valence-corrected chi connectivity index (χ3v) is 5.66. The molecule has 1 aliphatic rings. The highest BCUT2D eigenvalue weighted by atomic mass is 35.5. The van der Waals surface area contributed by atoms with Gasteiger partial charge in [-0.05, 0) is 46.5 Å². The van der Waals surface area contributed by atoms with Crippen molar-refractivity contribution in [3.05, 3.63) is 82.2 Å². The Labute approximate surface area is 180 Å². The van der Waals surface area contributed by atoms with Crippen molar-refractivity contribution in [3.8, 4) is 0 Å². The van der Waals surface area contributed by atoms with Crippen LogP contribution in [0.5, 0.6) is 0 Å². The molecule has 0 bridgehead atoms. The summed E-state index contributed by atoms with van der Waals surface area (Å²) in [7, 11) is 3.41. The summed E-state index contributed by atoms with van der Waals surface area (Å²) < 4.78 is 6.95. The zero-order valence-electron chi connectivity index (χ0n) is 17.1. The van der Waals surface area contributed by atoms with E-state index >= 15 is 0 Å². The number of halogens is 1. The molecule has 0 aliphatic heterocycles. The summed E-state index contributed by atoms with van der Waals surface area (Å²) in [4.78, 5) is 21.5. The molecule has 1 aliphatic carbocycles. The third-order valence-electron chi connectivity index (χ3n) is 5.43. The largest absolute Gasteiger partial charge is 0.375 e. The normalized spacial score (nSPS) is 16.1. The Balaban J connectivity index is 1.95. The van der Waals surface area contributed by atoms with Crippen LogP contribution in [0, 0.1) is 0 Å². The minimum Gasteiger partial charge on any atom is -0.375 e. The van der Waals surface area contributed by atoms with E-state index in [1.807, 2.05) is 48.1 Å². The molecule has 0 spiro atoms. The van der Waals surface area contributed by atoms with Crippen LogP contribution in [0.15, 0.2) is 49.1 Å². The number of hydrogen-bond acceptors (Lipinski definition) is 4. The van der Waals surface area contributed by atoms with Gasteiger partial charge in [-0.3, -0.25) is 9.78 Å². The summed E-state index contributed by atoms with van der Waals surface area (Å²) in [6, 6.07) is 9.42. The number of ether oxygens (including phenoxy) is 1. The van der Waals surface area contributed by atoms with E-state index in [-0.39, 0.29) is 18.4 Å². The Bertz CT molecular complexity index is 1120. The first kappa shape index (κ1) is 20.3. The predicted octanol–water partition coefficient (Wildman–Crippen LogP) is 3.98. The number of fused-ring (bicyclic) bond motifs is 2. The molecular weight excluding hydrogens is 400 g/mol. The summed E-state index contributed by atoms with van der Waals surface area (Å²) in [5.74, 6) is -0.138. The molecule has 30 heavy (non-hydrogen) atoms. The van der Waals surface area contributed by atoms with Crippen molar-refractivity contribution < 1.29 is 9.53 Å². The van der Waals surface area contributed by atoms with E-state index in [4.69, 9.17) is 16.3 Å². The molecular formula is C23H23ClN4O2. The van der Waals surface area contributed by atoms with Gasteiger partial charge in [0.1, 0.15) is 6.61 Å². The third kappa shape index (κ3) is 3.76. The van der Waals surface area contributed by atoms with Crippen molar-refractivity contribution in [1.29, 1.82) is 0 Å². The highest BCUT2D eigenvalue weighted by Crippen LogP contribution is 2.42. The minimum absolute atomic E-state index is 0.0292. The predicted molar refractivity (Wildman–Crippen MR) is 117 cm³/mol. The number of methoxy groups -OCH3 is 1. The summed E-state index contributed by atoms with van der Waals surface area (Å²) in [6.45, 7) is 2.11. The van der Waals surface area contributed by atoms with Crippen LogP contribution in [0.2, 0.25) is 5.02 Å². The molecule has 3 aromatic rings. The zero-order valence-corrected chi connectivity index (χ0v) is 17.8. The van der Waals surface area contributed by atoms with E-state index in [2.05, 4.69) is 28.3 Å². The maximum Gasteiger partial charge on any atom is 0.246 e. The number of pyridine rings is 1. The standard InChI is InChI=1S/C23H23ClN4O2/c1-14-17-7-6-16(24)10-18(17)19(9-15-5-4-8-26-22(14)15)23(27-21(29)12-30-3)20-11-25-13-28(20)2/h4-11,13-14,23H,12H2,1-3H3,(H,27,29)/t14-,23+/m0/s1. The van der Waals surface area contributed by atoms with Crippen molar-refractivity contribution in [3.63, 3.8) is 0 Å². The molecule has 0 saturated carbocycles. The van der Waals surface area contributed by atoms with Crippen molar-refractivity contribution in [2.24, 2.45) is 7.05 Å². The summed E-state index contributed by atoms with van der Waals surface area (Å²) in [5, 5.41) is 3.74. The lowest BCUT2D eigenvalue weighted by Crippen LogP contribution is -2.33. The van der Waals surface area contributed by atoms with E-state index < -0.39 is 6.04 Å². The number of rotatable bonds is 5. The van der Waals surface area contributed by atoms with Gasteiger partial charge in [-0.25, -0.2) is 4.98 Å². The lowest BCUT2D eigenvalue weighted by molar-refractivity contribution is -0.125. The fourth-order valence-corrected chi connectivity index (χ4v) is 4.16. The molecule has 7 heteroatoms. The van der Waals surface area contributed by atoms with Gasteiger partial charge < -0.3 is 14.6 Å². The molecule has 0 saturated heterocycles. The van der Waals surface area contributed by atoms with Crippen LogP contribution in [-0.4, -0.2) is 34.2 Å². The molecule has 4 rings (SSSR count). The fourth-order valence-electron chi connectivity index (χ4n) is 3.99. The molecule has 6 nitrogen and oxygen atoms in total. The maximum atomic E-state index is 12.5. The summed E-state index contributed by atoms with van der Waals surface area (Å²) in [5.41, 5.74) is 5.88. The quantitative estimate of drug-likeness (QED) is 0.675. The number of imidazole rings is 1. The van der Waals surface area contributed by atoms with E-state index in [0.717, 1.165) is 33.7 Å². The number of hydrogen-bond donors (Lipinski definition) is 1. The van der Waals surface area contributed by atoms with E-state index in [0.29, 0.717) is 5.02 Å². The second kappa shape index (κ2) is 8.42. The lowest BCUT2D eigenvalue weighted by atomic mass is 9.88.